The van der Waals surface area contributed by atoms with Crippen LogP contribution in [0.4, 0.5) is 0 Å². The Kier molecular flexibility index (Phi) is 2.74. The molecule has 0 aromatic heterocycles. The van der Waals surface area contributed by atoms with E-state index in [-0.39, 0.29) is 6.79 Å². The third-order valence-corrected chi connectivity index (χ3v) is 1.27. The maximum atomic E-state index is 8.42. The van der Waals surface area contributed by atoms with Gasteiger partial charge in [-0.1, -0.05) is 6.07 Å². The smallest absolute Gasteiger partial charge is 0.186 e. The van der Waals surface area contributed by atoms with Crippen molar-refractivity contribution in [2.24, 2.45) is 0 Å². The largest absolute Gasteiger partial charge is 0.497 e. The summed E-state index contributed by atoms with van der Waals surface area (Å²) in [4.78, 5) is 0. The Bertz CT molecular complexity index is 222. The van der Waals surface area contributed by atoms with Crippen LogP contribution in [0.15, 0.2) is 24.3 Å². The summed E-state index contributed by atoms with van der Waals surface area (Å²) in [5, 5.41) is 8.42. The molecule has 0 aliphatic heterocycles. The predicted molar refractivity (Wildman–Crippen MR) is 40.7 cm³/mol. The quantitative estimate of drug-likeness (QED) is 0.661. The molecule has 1 N–H and O–H groups in total. The summed E-state index contributed by atoms with van der Waals surface area (Å²) in [5.41, 5.74) is 0. The fraction of sp³-hybridized carbons (Fsp3) is 0.250. The van der Waals surface area contributed by atoms with Crippen LogP contribution in [0.1, 0.15) is 0 Å². The van der Waals surface area contributed by atoms with Crippen molar-refractivity contribution >= 4 is 0 Å². The molecule has 0 bridgehead atoms. The van der Waals surface area contributed by atoms with Crippen molar-refractivity contribution in [1.29, 1.82) is 0 Å². The van der Waals surface area contributed by atoms with Crippen molar-refractivity contribution in [3.05, 3.63) is 24.3 Å². The Morgan fingerprint density at radius 1 is 1.36 bits per heavy atom. The standard InChI is InChI=1S/C8H10O3/c1-10-7-3-2-4-8(5-7)11-6-9/h2-5,9H,6H2,1H3. The molecule has 3 heteroatoms. The summed E-state index contributed by atoms with van der Waals surface area (Å²) in [6, 6.07) is 7.06. The molecule has 0 fully saturated rings. The third kappa shape index (κ3) is 2.13. The van der Waals surface area contributed by atoms with Crippen molar-refractivity contribution in [3.8, 4) is 11.5 Å². The first-order valence-corrected chi connectivity index (χ1v) is 3.24. The minimum absolute atomic E-state index is 0.312. The van der Waals surface area contributed by atoms with Crippen LogP contribution in [-0.4, -0.2) is 19.0 Å². The minimum atomic E-state index is -0.312. The van der Waals surface area contributed by atoms with Gasteiger partial charge in [-0.15, -0.1) is 0 Å². The molecule has 60 valence electrons. The highest BCUT2D eigenvalue weighted by atomic mass is 16.6. The van der Waals surface area contributed by atoms with Gasteiger partial charge >= 0.3 is 0 Å². The highest BCUT2D eigenvalue weighted by Crippen LogP contribution is 2.18. The molecule has 1 aromatic carbocycles. The van der Waals surface area contributed by atoms with Crippen LogP contribution in [0.25, 0.3) is 0 Å². The second-order valence-corrected chi connectivity index (χ2v) is 1.95. The number of ether oxygens (including phenoxy) is 2. The van der Waals surface area contributed by atoms with Crippen LogP contribution < -0.4 is 9.47 Å². The first-order chi connectivity index (χ1) is 5.36. The Balaban J connectivity index is 2.74. The number of aliphatic hydroxyl groups excluding tert-OH is 1. The van der Waals surface area contributed by atoms with Gasteiger partial charge in [0.1, 0.15) is 11.5 Å². The lowest BCUT2D eigenvalue weighted by Crippen LogP contribution is -1.94. The van der Waals surface area contributed by atoms with Crippen molar-refractivity contribution in [2.45, 2.75) is 0 Å². The molecule has 0 unspecified atom stereocenters. The van der Waals surface area contributed by atoms with Gasteiger partial charge in [0.15, 0.2) is 6.79 Å². The Hall–Kier alpha value is -1.22. The molecule has 1 aromatic rings. The van der Waals surface area contributed by atoms with Gasteiger partial charge in [-0.05, 0) is 12.1 Å². The summed E-state index contributed by atoms with van der Waals surface area (Å²) in [6.45, 7) is -0.312. The van der Waals surface area contributed by atoms with Gasteiger partial charge < -0.3 is 14.6 Å². The van der Waals surface area contributed by atoms with Gasteiger partial charge in [-0.25, -0.2) is 0 Å². The fourth-order valence-corrected chi connectivity index (χ4v) is 0.766. The Labute approximate surface area is 65.2 Å². The molecule has 0 heterocycles. The van der Waals surface area contributed by atoms with Crippen molar-refractivity contribution in [3.63, 3.8) is 0 Å². The molecule has 0 aliphatic rings. The van der Waals surface area contributed by atoms with Crippen molar-refractivity contribution in [1.82, 2.24) is 0 Å². The van der Waals surface area contributed by atoms with Gasteiger partial charge in [0.2, 0.25) is 0 Å². The summed E-state index contributed by atoms with van der Waals surface area (Å²) in [5.74, 6) is 1.32. The number of aliphatic hydroxyl groups is 1. The normalized spacial score (nSPS) is 9.27. The fourth-order valence-electron chi connectivity index (χ4n) is 0.766. The maximum Gasteiger partial charge on any atom is 0.186 e. The van der Waals surface area contributed by atoms with Crippen molar-refractivity contribution in [2.75, 3.05) is 13.9 Å². The highest BCUT2D eigenvalue weighted by Gasteiger charge is 1.93. The van der Waals surface area contributed by atoms with Gasteiger partial charge in [0.05, 0.1) is 7.11 Å². The van der Waals surface area contributed by atoms with E-state index in [2.05, 4.69) is 0 Å². The maximum absolute atomic E-state index is 8.42. The van der Waals surface area contributed by atoms with E-state index in [0.29, 0.717) is 5.75 Å². The van der Waals surface area contributed by atoms with Gasteiger partial charge in [0, 0.05) is 6.07 Å². The van der Waals surface area contributed by atoms with Crippen LogP contribution >= 0.6 is 0 Å². The average Bonchev–Trinajstić information content (AvgIpc) is 2.06. The second-order valence-electron chi connectivity index (χ2n) is 1.95. The Morgan fingerprint density at radius 3 is 2.73 bits per heavy atom. The molecular formula is C8H10O3. The van der Waals surface area contributed by atoms with E-state index in [1.807, 2.05) is 6.07 Å². The van der Waals surface area contributed by atoms with E-state index in [9.17, 15) is 0 Å². The van der Waals surface area contributed by atoms with E-state index in [1.54, 1.807) is 25.3 Å². The van der Waals surface area contributed by atoms with Crippen LogP contribution in [-0.2, 0) is 0 Å². The number of hydrogen-bond donors (Lipinski definition) is 1. The van der Waals surface area contributed by atoms with Crippen LogP contribution in [0.3, 0.4) is 0 Å². The zero-order valence-corrected chi connectivity index (χ0v) is 6.28. The molecule has 1 rings (SSSR count). The summed E-state index contributed by atoms with van der Waals surface area (Å²) >= 11 is 0. The Morgan fingerprint density at radius 2 is 2.09 bits per heavy atom. The highest BCUT2D eigenvalue weighted by molar-refractivity contribution is 5.32. The molecule has 11 heavy (non-hydrogen) atoms. The van der Waals surface area contributed by atoms with E-state index < -0.39 is 0 Å². The topological polar surface area (TPSA) is 38.7 Å². The van der Waals surface area contributed by atoms with E-state index >= 15 is 0 Å². The average molecular weight is 154 g/mol. The lowest BCUT2D eigenvalue weighted by atomic mass is 10.3. The first-order valence-electron chi connectivity index (χ1n) is 3.24. The third-order valence-electron chi connectivity index (χ3n) is 1.27. The van der Waals surface area contributed by atoms with Gasteiger partial charge in [-0.2, -0.15) is 0 Å². The summed E-state index contributed by atoms with van der Waals surface area (Å²) < 4.78 is 9.76. The van der Waals surface area contributed by atoms with Gasteiger partial charge in [0.25, 0.3) is 0 Å². The van der Waals surface area contributed by atoms with Crippen molar-refractivity contribution < 1.29 is 14.6 Å². The molecule has 0 amide bonds. The molecule has 0 saturated carbocycles. The molecular weight excluding hydrogens is 144 g/mol. The molecule has 0 radical (unpaired) electrons. The lowest BCUT2D eigenvalue weighted by Gasteiger charge is -2.03. The summed E-state index contributed by atoms with van der Waals surface area (Å²) in [6.07, 6.45) is 0. The SMILES string of the molecule is COc1cccc(OCO)c1. The minimum Gasteiger partial charge on any atom is -0.497 e. The number of benzene rings is 1. The van der Waals surface area contributed by atoms with Crippen LogP contribution in [0, 0.1) is 0 Å². The van der Waals surface area contributed by atoms with Gasteiger partial charge in [-0.3, -0.25) is 0 Å². The van der Waals surface area contributed by atoms with Crippen LogP contribution in [0.5, 0.6) is 11.5 Å². The number of methoxy groups -OCH3 is 1. The van der Waals surface area contributed by atoms with E-state index in [1.165, 1.54) is 0 Å². The van der Waals surface area contributed by atoms with E-state index in [0.717, 1.165) is 5.75 Å². The molecule has 0 atom stereocenters. The number of hydrogen-bond acceptors (Lipinski definition) is 3. The lowest BCUT2D eigenvalue weighted by molar-refractivity contribution is 0.0983. The number of rotatable bonds is 3. The second kappa shape index (κ2) is 3.83. The predicted octanol–water partition coefficient (Wildman–Crippen LogP) is 1.02. The zero-order valence-electron chi connectivity index (χ0n) is 6.28. The monoisotopic (exact) mass is 154 g/mol. The first kappa shape index (κ1) is 7.88. The molecule has 0 spiro atoms. The molecule has 0 aliphatic carbocycles. The van der Waals surface area contributed by atoms with Crippen LogP contribution in [0.2, 0.25) is 0 Å². The summed E-state index contributed by atoms with van der Waals surface area (Å²) in [7, 11) is 1.58. The zero-order chi connectivity index (χ0) is 8.10. The molecule has 0 saturated heterocycles. The van der Waals surface area contributed by atoms with E-state index in [4.69, 9.17) is 14.6 Å². The molecule has 3 nitrogen and oxygen atoms in total.